The first-order valence-electron chi connectivity index (χ1n) is 10.8. The molecule has 162 valence electrons. The molecule has 9 nitrogen and oxygen atoms in total. The van der Waals surface area contributed by atoms with Crippen LogP contribution in [0.1, 0.15) is 51.4 Å². The zero-order valence-electron chi connectivity index (χ0n) is 17.1. The third-order valence-electron chi connectivity index (χ3n) is 6.84. The number of nitrogens with zero attached hydrogens (tertiary/aromatic N) is 4. The summed E-state index contributed by atoms with van der Waals surface area (Å²) in [5.41, 5.74) is 0.0293. The maximum Gasteiger partial charge on any atom is 0.248 e. The maximum atomic E-state index is 13.5. The lowest BCUT2D eigenvalue weighted by molar-refractivity contribution is -0.158. The van der Waals surface area contributed by atoms with E-state index in [2.05, 4.69) is 15.3 Å². The molecule has 3 aliphatic rings. The molecule has 2 N–H and O–H groups in total. The molecule has 2 heterocycles. The van der Waals surface area contributed by atoms with Crippen molar-refractivity contribution in [1.29, 1.82) is 0 Å². The van der Waals surface area contributed by atoms with Gasteiger partial charge in [0.1, 0.15) is 6.04 Å². The van der Waals surface area contributed by atoms with Crippen LogP contribution in [0.4, 0.5) is 5.82 Å². The van der Waals surface area contributed by atoms with E-state index >= 15 is 0 Å². The molecule has 0 aromatic carbocycles. The van der Waals surface area contributed by atoms with E-state index < -0.39 is 12.0 Å². The topological polar surface area (TPSA) is 116 Å². The molecule has 2 aliphatic carbocycles. The Bertz CT molecular complexity index is 779. The normalized spacial score (nSPS) is 23.4. The molecule has 1 spiro atoms. The molecule has 0 bridgehead atoms. The fraction of sp³-hybridized carbons (Fsp3) is 0.667. The van der Waals surface area contributed by atoms with Crippen LogP contribution in [-0.4, -0.2) is 62.5 Å². The number of nitrogens with one attached hydrogen (secondary N) is 1. The van der Waals surface area contributed by atoms with Gasteiger partial charge in [-0.1, -0.05) is 25.7 Å². The molecule has 1 aromatic rings. The molecule has 2 atom stereocenters. The fourth-order valence-corrected chi connectivity index (χ4v) is 5.04. The smallest absolute Gasteiger partial charge is 0.248 e. The van der Waals surface area contributed by atoms with E-state index in [9.17, 15) is 19.6 Å². The standard InChI is InChI=1S/C21H29N5O4/c27-14-25(30)12-16(9-15-3-1-2-4-15)20(29)26-13-21(5-6-21)10-17(26)19(28)24-18-11-22-7-8-23-18/h7-8,11,14-17,30H,1-6,9-10,12-13H2,(H,23,24,28). The zero-order valence-corrected chi connectivity index (χ0v) is 17.1. The minimum absolute atomic E-state index is 0.0293. The predicted molar refractivity (Wildman–Crippen MR) is 107 cm³/mol. The van der Waals surface area contributed by atoms with E-state index in [1.165, 1.54) is 18.6 Å². The summed E-state index contributed by atoms with van der Waals surface area (Å²) in [6.45, 7) is 0.513. The van der Waals surface area contributed by atoms with Crippen molar-refractivity contribution < 1.29 is 19.6 Å². The lowest BCUT2D eigenvalue weighted by Crippen LogP contribution is -2.48. The van der Waals surface area contributed by atoms with Crippen molar-refractivity contribution in [2.45, 2.75) is 57.4 Å². The summed E-state index contributed by atoms with van der Waals surface area (Å²) in [7, 11) is 0. The Balaban J connectivity index is 1.50. The quantitative estimate of drug-likeness (QED) is 0.380. The van der Waals surface area contributed by atoms with E-state index in [1.807, 2.05) is 0 Å². The van der Waals surface area contributed by atoms with Crippen molar-refractivity contribution in [2.24, 2.45) is 17.3 Å². The van der Waals surface area contributed by atoms with Crippen molar-refractivity contribution in [3.05, 3.63) is 18.6 Å². The first kappa shape index (κ1) is 20.7. The molecule has 4 rings (SSSR count). The van der Waals surface area contributed by atoms with Crippen LogP contribution in [0.3, 0.4) is 0 Å². The Labute approximate surface area is 175 Å². The SMILES string of the molecule is O=CN(O)CC(CC1CCCC1)C(=O)N1CC2(CC2)CC1C(=O)Nc1cnccn1. The van der Waals surface area contributed by atoms with Crippen LogP contribution < -0.4 is 5.32 Å². The van der Waals surface area contributed by atoms with Gasteiger partial charge in [-0.3, -0.25) is 24.6 Å². The average Bonchev–Trinajstić information content (AvgIpc) is 3.13. The molecule has 2 unspecified atom stereocenters. The summed E-state index contributed by atoms with van der Waals surface area (Å²) in [6, 6.07) is -0.573. The van der Waals surface area contributed by atoms with Crippen molar-refractivity contribution in [3.8, 4) is 0 Å². The van der Waals surface area contributed by atoms with Gasteiger partial charge in [0.25, 0.3) is 0 Å². The molecule has 1 aromatic heterocycles. The van der Waals surface area contributed by atoms with Gasteiger partial charge >= 0.3 is 0 Å². The zero-order chi connectivity index (χ0) is 21.1. The van der Waals surface area contributed by atoms with E-state index in [1.54, 1.807) is 4.90 Å². The van der Waals surface area contributed by atoms with Gasteiger partial charge in [0, 0.05) is 18.9 Å². The van der Waals surface area contributed by atoms with Crippen LogP contribution >= 0.6 is 0 Å². The lowest BCUT2D eigenvalue weighted by atomic mass is 9.91. The Morgan fingerprint density at radius 1 is 1.33 bits per heavy atom. The Morgan fingerprint density at radius 2 is 2.10 bits per heavy atom. The molecule has 3 amide bonds. The fourth-order valence-electron chi connectivity index (χ4n) is 5.04. The summed E-state index contributed by atoms with van der Waals surface area (Å²) in [6.07, 6.45) is 12.6. The predicted octanol–water partition coefficient (Wildman–Crippen LogP) is 1.84. The molecule has 3 fully saturated rings. The second-order valence-corrected chi connectivity index (χ2v) is 9.08. The molecular formula is C21H29N5O4. The molecule has 9 heteroatoms. The van der Waals surface area contributed by atoms with Crippen molar-refractivity contribution in [2.75, 3.05) is 18.4 Å². The minimum Gasteiger partial charge on any atom is -0.330 e. The summed E-state index contributed by atoms with van der Waals surface area (Å²) in [5, 5.41) is 13.1. The first-order valence-corrected chi connectivity index (χ1v) is 10.8. The summed E-state index contributed by atoms with van der Waals surface area (Å²) < 4.78 is 0. The Morgan fingerprint density at radius 3 is 2.73 bits per heavy atom. The third kappa shape index (κ3) is 4.61. The van der Waals surface area contributed by atoms with Crippen LogP contribution in [0.5, 0.6) is 0 Å². The molecule has 30 heavy (non-hydrogen) atoms. The average molecular weight is 415 g/mol. The van der Waals surface area contributed by atoms with Gasteiger partial charge < -0.3 is 10.2 Å². The second-order valence-electron chi connectivity index (χ2n) is 9.08. The number of hydrogen-bond donors (Lipinski definition) is 2. The number of rotatable bonds is 8. The number of likely N-dealkylation sites (tertiary alicyclic amines) is 1. The van der Waals surface area contributed by atoms with Crippen LogP contribution in [0.15, 0.2) is 18.6 Å². The highest BCUT2D eigenvalue weighted by Crippen LogP contribution is 2.55. The van der Waals surface area contributed by atoms with Gasteiger partial charge in [-0.15, -0.1) is 0 Å². The number of hydrogen-bond acceptors (Lipinski definition) is 6. The van der Waals surface area contributed by atoms with Gasteiger partial charge in [0.2, 0.25) is 18.2 Å². The number of amides is 3. The van der Waals surface area contributed by atoms with Crippen molar-refractivity contribution in [1.82, 2.24) is 19.9 Å². The highest BCUT2D eigenvalue weighted by Gasteiger charge is 2.55. The summed E-state index contributed by atoms with van der Waals surface area (Å²) >= 11 is 0. The molecule has 1 aliphatic heterocycles. The van der Waals surface area contributed by atoms with E-state index in [0.717, 1.165) is 38.5 Å². The lowest BCUT2D eigenvalue weighted by Gasteiger charge is -2.30. The molecular weight excluding hydrogens is 386 g/mol. The summed E-state index contributed by atoms with van der Waals surface area (Å²) in [4.78, 5) is 47.2. The Hall–Kier alpha value is -2.55. The van der Waals surface area contributed by atoms with Gasteiger partial charge in [-0.25, -0.2) is 10.0 Å². The highest BCUT2D eigenvalue weighted by molar-refractivity contribution is 5.97. The Kier molecular flexibility index (Phi) is 5.99. The molecule has 2 saturated carbocycles. The number of anilines is 1. The maximum absolute atomic E-state index is 13.5. The third-order valence-corrected chi connectivity index (χ3v) is 6.84. The van der Waals surface area contributed by atoms with Gasteiger partial charge in [0.15, 0.2) is 5.82 Å². The van der Waals surface area contributed by atoms with E-state index in [-0.39, 0.29) is 23.8 Å². The van der Waals surface area contributed by atoms with Crippen LogP contribution in [-0.2, 0) is 14.4 Å². The highest BCUT2D eigenvalue weighted by atomic mass is 16.5. The van der Waals surface area contributed by atoms with Crippen molar-refractivity contribution >= 4 is 24.0 Å². The minimum atomic E-state index is -0.573. The monoisotopic (exact) mass is 415 g/mol. The number of carbonyl (C=O) groups is 3. The van der Waals surface area contributed by atoms with Gasteiger partial charge in [-0.2, -0.15) is 0 Å². The summed E-state index contributed by atoms with van der Waals surface area (Å²) in [5.74, 6) is -0.140. The van der Waals surface area contributed by atoms with Crippen LogP contribution in [0.2, 0.25) is 0 Å². The second kappa shape index (κ2) is 8.67. The van der Waals surface area contributed by atoms with E-state index in [4.69, 9.17) is 0 Å². The van der Waals surface area contributed by atoms with Crippen LogP contribution in [0.25, 0.3) is 0 Å². The number of aromatic nitrogens is 2. The van der Waals surface area contributed by atoms with Gasteiger partial charge in [-0.05, 0) is 37.0 Å². The van der Waals surface area contributed by atoms with Gasteiger partial charge in [0.05, 0.1) is 18.7 Å². The molecule has 0 radical (unpaired) electrons. The molecule has 1 saturated heterocycles. The van der Waals surface area contributed by atoms with Crippen LogP contribution in [0, 0.1) is 17.3 Å². The first-order chi connectivity index (χ1) is 14.5. The number of hydroxylamine groups is 2. The van der Waals surface area contributed by atoms with Crippen molar-refractivity contribution in [3.63, 3.8) is 0 Å². The van der Waals surface area contributed by atoms with E-state index in [0.29, 0.717) is 42.6 Å². The number of carbonyl (C=O) groups excluding carboxylic acids is 3. The largest absolute Gasteiger partial charge is 0.330 e.